The highest BCUT2D eigenvalue weighted by Crippen LogP contribution is 2.23. The zero-order valence-corrected chi connectivity index (χ0v) is 9.77. The van der Waals surface area contributed by atoms with E-state index in [0.29, 0.717) is 6.61 Å². The molecular weight excluding hydrogens is 234 g/mol. The first-order valence-corrected chi connectivity index (χ1v) is 5.95. The molecule has 0 radical (unpaired) electrons. The third-order valence-corrected chi connectivity index (χ3v) is 3.01. The van der Waals surface area contributed by atoms with Crippen LogP contribution in [0.25, 0.3) is 0 Å². The fraction of sp³-hybridized carbons (Fsp3) is 0.455. The molecular formula is C11H14F2O2S. The molecule has 90 valence electrons. The number of benzene rings is 1. The van der Waals surface area contributed by atoms with Gasteiger partial charge in [0.05, 0.1) is 12.7 Å². The summed E-state index contributed by atoms with van der Waals surface area (Å²) in [7, 11) is 0. The van der Waals surface area contributed by atoms with Gasteiger partial charge >= 0.3 is 0 Å². The molecule has 16 heavy (non-hydrogen) atoms. The number of aliphatic hydroxyl groups is 1. The maximum atomic E-state index is 13.2. The molecule has 2 nitrogen and oxygen atoms in total. The van der Waals surface area contributed by atoms with Crippen LogP contribution in [0, 0.1) is 11.6 Å². The van der Waals surface area contributed by atoms with E-state index >= 15 is 0 Å². The summed E-state index contributed by atoms with van der Waals surface area (Å²) in [5.74, 6) is -0.682. The minimum atomic E-state index is -0.674. The number of rotatable bonds is 6. The van der Waals surface area contributed by atoms with Crippen molar-refractivity contribution in [3.05, 3.63) is 29.8 Å². The Hall–Kier alpha value is -0.650. The fourth-order valence-corrected chi connectivity index (χ4v) is 1.95. The van der Waals surface area contributed by atoms with Crippen LogP contribution < -0.4 is 0 Å². The van der Waals surface area contributed by atoms with Gasteiger partial charge < -0.3 is 9.84 Å². The summed E-state index contributed by atoms with van der Waals surface area (Å²) in [6.45, 7) is 2.56. The van der Waals surface area contributed by atoms with Crippen molar-refractivity contribution >= 4 is 11.8 Å². The van der Waals surface area contributed by atoms with Crippen molar-refractivity contribution < 1.29 is 18.6 Å². The van der Waals surface area contributed by atoms with Gasteiger partial charge in [0, 0.05) is 17.3 Å². The fourth-order valence-electron chi connectivity index (χ4n) is 1.08. The van der Waals surface area contributed by atoms with Gasteiger partial charge in [0.15, 0.2) is 0 Å². The van der Waals surface area contributed by atoms with Crippen molar-refractivity contribution in [3.63, 3.8) is 0 Å². The molecule has 0 aliphatic heterocycles. The summed E-state index contributed by atoms with van der Waals surface area (Å²) in [4.78, 5) is 0.204. The smallest absolute Gasteiger partial charge is 0.136 e. The molecule has 1 N–H and O–H groups in total. The Morgan fingerprint density at radius 1 is 1.44 bits per heavy atom. The van der Waals surface area contributed by atoms with Crippen LogP contribution in [0.5, 0.6) is 0 Å². The Morgan fingerprint density at radius 2 is 2.19 bits per heavy atom. The molecule has 1 aromatic rings. The van der Waals surface area contributed by atoms with Crippen molar-refractivity contribution in [2.45, 2.75) is 17.9 Å². The van der Waals surface area contributed by atoms with Gasteiger partial charge in [-0.2, -0.15) is 0 Å². The molecule has 0 spiro atoms. The average Bonchev–Trinajstić information content (AvgIpc) is 2.27. The molecule has 0 aliphatic carbocycles. The molecule has 0 amide bonds. The second-order valence-electron chi connectivity index (χ2n) is 3.20. The van der Waals surface area contributed by atoms with Crippen molar-refractivity contribution in [2.24, 2.45) is 0 Å². The van der Waals surface area contributed by atoms with Crippen LogP contribution in [0.4, 0.5) is 8.78 Å². The van der Waals surface area contributed by atoms with Gasteiger partial charge in [0.1, 0.15) is 11.6 Å². The number of hydrogen-bond donors (Lipinski definition) is 1. The number of halogens is 2. The molecule has 0 aromatic heterocycles. The Kier molecular flexibility index (Phi) is 5.73. The second-order valence-corrected chi connectivity index (χ2v) is 4.26. The Morgan fingerprint density at radius 3 is 2.88 bits per heavy atom. The SMILES string of the molecule is CCOCC(O)CSc1cc(F)ccc1F. The van der Waals surface area contributed by atoms with E-state index in [1.165, 1.54) is 0 Å². The summed E-state index contributed by atoms with van der Waals surface area (Å²) < 4.78 is 31.0. The lowest BCUT2D eigenvalue weighted by Crippen LogP contribution is -2.17. The molecule has 0 aliphatic rings. The predicted octanol–water partition coefficient (Wildman–Crippen LogP) is 2.45. The van der Waals surface area contributed by atoms with Crippen LogP contribution in [0.3, 0.4) is 0 Å². The third kappa shape index (κ3) is 4.47. The van der Waals surface area contributed by atoms with E-state index in [1.54, 1.807) is 0 Å². The Balaban J connectivity index is 2.44. The molecule has 5 heteroatoms. The van der Waals surface area contributed by atoms with Crippen LogP contribution >= 0.6 is 11.8 Å². The molecule has 0 saturated carbocycles. The van der Waals surface area contributed by atoms with E-state index in [4.69, 9.17) is 4.74 Å². The summed E-state index contributed by atoms with van der Waals surface area (Å²) in [6, 6.07) is 3.26. The largest absolute Gasteiger partial charge is 0.390 e. The van der Waals surface area contributed by atoms with Crippen LogP contribution in [-0.2, 0) is 4.74 Å². The Bertz CT molecular complexity index is 334. The number of hydrogen-bond acceptors (Lipinski definition) is 3. The highest BCUT2D eigenvalue weighted by atomic mass is 32.2. The van der Waals surface area contributed by atoms with Gasteiger partial charge in [0.25, 0.3) is 0 Å². The van der Waals surface area contributed by atoms with Gasteiger partial charge in [-0.15, -0.1) is 11.8 Å². The number of aliphatic hydroxyl groups excluding tert-OH is 1. The van der Waals surface area contributed by atoms with Crippen molar-refractivity contribution in [2.75, 3.05) is 19.0 Å². The minimum absolute atomic E-state index is 0.204. The van der Waals surface area contributed by atoms with Crippen molar-refractivity contribution in [1.82, 2.24) is 0 Å². The molecule has 0 saturated heterocycles. The monoisotopic (exact) mass is 248 g/mol. The highest BCUT2D eigenvalue weighted by Gasteiger charge is 2.09. The maximum absolute atomic E-state index is 13.2. The van der Waals surface area contributed by atoms with E-state index in [2.05, 4.69) is 0 Å². The van der Waals surface area contributed by atoms with Gasteiger partial charge in [-0.1, -0.05) is 0 Å². The third-order valence-electron chi connectivity index (χ3n) is 1.84. The molecule has 0 heterocycles. The summed E-state index contributed by atoms with van der Waals surface area (Å²) in [6.07, 6.45) is -0.674. The molecule has 0 fully saturated rings. The van der Waals surface area contributed by atoms with Crippen LogP contribution in [0.15, 0.2) is 23.1 Å². The van der Waals surface area contributed by atoms with Gasteiger partial charge in [-0.25, -0.2) is 8.78 Å². The molecule has 1 aromatic carbocycles. The number of thioether (sulfide) groups is 1. The lowest BCUT2D eigenvalue weighted by molar-refractivity contribution is 0.0551. The van der Waals surface area contributed by atoms with E-state index in [1.807, 2.05) is 6.92 Å². The predicted molar refractivity (Wildman–Crippen MR) is 59.6 cm³/mol. The normalized spacial score (nSPS) is 12.8. The van der Waals surface area contributed by atoms with E-state index in [0.717, 1.165) is 30.0 Å². The molecule has 1 unspecified atom stereocenters. The minimum Gasteiger partial charge on any atom is -0.390 e. The summed E-state index contributed by atoms with van der Waals surface area (Å²) in [5.41, 5.74) is 0. The topological polar surface area (TPSA) is 29.5 Å². The maximum Gasteiger partial charge on any atom is 0.136 e. The van der Waals surface area contributed by atoms with Gasteiger partial charge in [0.2, 0.25) is 0 Å². The van der Waals surface area contributed by atoms with E-state index < -0.39 is 17.7 Å². The first-order chi connectivity index (χ1) is 7.63. The van der Waals surface area contributed by atoms with Crippen LogP contribution in [0.1, 0.15) is 6.92 Å². The standard InChI is InChI=1S/C11H14F2O2S/c1-2-15-6-9(14)7-16-11-5-8(12)3-4-10(11)13/h3-5,9,14H,2,6-7H2,1H3. The zero-order valence-electron chi connectivity index (χ0n) is 8.95. The van der Waals surface area contributed by atoms with E-state index in [-0.39, 0.29) is 17.3 Å². The Labute approximate surface area is 97.6 Å². The van der Waals surface area contributed by atoms with Crippen LogP contribution in [0.2, 0.25) is 0 Å². The summed E-state index contributed by atoms with van der Waals surface area (Å²) in [5, 5.41) is 9.44. The lowest BCUT2D eigenvalue weighted by atomic mass is 10.3. The second kappa shape index (κ2) is 6.83. The van der Waals surface area contributed by atoms with Crippen molar-refractivity contribution in [1.29, 1.82) is 0 Å². The number of ether oxygens (including phenoxy) is 1. The summed E-state index contributed by atoms with van der Waals surface area (Å²) >= 11 is 1.07. The highest BCUT2D eigenvalue weighted by molar-refractivity contribution is 7.99. The van der Waals surface area contributed by atoms with Crippen LogP contribution in [-0.4, -0.2) is 30.2 Å². The molecule has 1 rings (SSSR count). The quantitative estimate of drug-likeness (QED) is 0.784. The first-order valence-electron chi connectivity index (χ1n) is 4.97. The molecule has 1 atom stereocenters. The van der Waals surface area contributed by atoms with Gasteiger partial charge in [-0.3, -0.25) is 0 Å². The molecule has 0 bridgehead atoms. The average molecular weight is 248 g/mol. The first kappa shape index (κ1) is 13.4. The van der Waals surface area contributed by atoms with Gasteiger partial charge in [-0.05, 0) is 25.1 Å². The zero-order chi connectivity index (χ0) is 12.0. The van der Waals surface area contributed by atoms with E-state index in [9.17, 15) is 13.9 Å². The lowest BCUT2D eigenvalue weighted by Gasteiger charge is -2.10. The van der Waals surface area contributed by atoms with Crippen molar-refractivity contribution in [3.8, 4) is 0 Å².